The molecule has 12 heteroatoms. The van der Waals surface area contributed by atoms with Crippen molar-refractivity contribution in [3.05, 3.63) is 19.1 Å². The summed E-state index contributed by atoms with van der Waals surface area (Å²) < 4.78 is -1.33. The van der Waals surface area contributed by atoms with Crippen LogP contribution in [-0.4, -0.2) is 57.5 Å². The monoisotopic (exact) mass is 774 g/mol. The van der Waals surface area contributed by atoms with Crippen molar-refractivity contribution in [3.63, 3.8) is 0 Å². The van der Waals surface area contributed by atoms with E-state index in [1.165, 1.54) is 5.01 Å². The van der Waals surface area contributed by atoms with Crippen LogP contribution in [0.3, 0.4) is 0 Å². The van der Waals surface area contributed by atoms with Gasteiger partial charge in [0.25, 0.3) is 5.91 Å². The third-order valence-electron chi connectivity index (χ3n) is 5.58. The summed E-state index contributed by atoms with van der Waals surface area (Å²) in [5.74, 6) is -0.763. The second kappa shape index (κ2) is 18.0. The number of nitrogens with zero attached hydrogens (tertiary/aromatic N) is 1. The fraction of sp³-hybridized carbons (Fsp3) is 0.696. The van der Waals surface area contributed by atoms with Crippen molar-refractivity contribution in [2.24, 2.45) is 5.92 Å². The summed E-state index contributed by atoms with van der Waals surface area (Å²) in [6.07, 6.45) is 12.0. The van der Waals surface area contributed by atoms with Crippen molar-refractivity contribution >= 4 is 58.8 Å². The first-order valence-electron chi connectivity index (χ1n) is 11.5. The number of hydrogen-bond acceptors (Lipinski definition) is 5. The van der Waals surface area contributed by atoms with Gasteiger partial charge in [0.2, 0.25) is 11.8 Å². The molecular formula is C23H35Cl3N4O4U. The van der Waals surface area contributed by atoms with Gasteiger partial charge >= 0.3 is 31.1 Å². The third kappa shape index (κ3) is 14.9. The van der Waals surface area contributed by atoms with Gasteiger partial charge in [0.15, 0.2) is 0 Å². The van der Waals surface area contributed by atoms with E-state index in [1.54, 1.807) is 19.1 Å². The van der Waals surface area contributed by atoms with Crippen molar-refractivity contribution in [2.45, 2.75) is 87.1 Å². The molecule has 1 heterocycles. The molecule has 0 aromatic carbocycles. The zero-order chi connectivity index (χ0) is 25.7. The summed E-state index contributed by atoms with van der Waals surface area (Å²) in [4.78, 5) is 48.8. The number of allylic oxidation sites excluding steroid dienone is 1. The van der Waals surface area contributed by atoms with Gasteiger partial charge in [0, 0.05) is 13.0 Å². The first kappa shape index (κ1) is 34.7. The summed E-state index contributed by atoms with van der Waals surface area (Å²) in [5.41, 5.74) is 2.84. The van der Waals surface area contributed by atoms with Gasteiger partial charge < -0.3 is 15.4 Å². The maximum atomic E-state index is 13.0. The van der Waals surface area contributed by atoms with Gasteiger partial charge in [0.05, 0.1) is 3.79 Å². The smallest absolute Gasteiger partial charge is 0.540 e. The van der Waals surface area contributed by atoms with Crippen molar-refractivity contribution in [2.75, 3.05) is 6.54 Å². The van der Waals surface area contributed by atoms with E-state index < -0.39 is 21.9 Å². The second-order valence-electron chi connectivity index (χ2n) is 8.49. The normalized spacial score (nSPS) is 20.5. The summed E-state index contributed by atoms with van der Waals surface area (Å²) >= 11 is 14.8. The van der Waals surface area contributed by atoms with Crippen molar-refractivity contribution in [1.29, 1.82) is 0 Å². The zero-order valence-electron chi connectivity index (χ0n) is 20.2. The van der Waals surface area contributed by atoms with Gasteiger partial charge in [0.1, 0.15) is 12.1 Å². The largest absolute Gasteiger partial charge is 2.00 e. The maximum Gasteiger partial charge on any atom is 2.00 e. The zero-order valence-corrected chi connectivity index (χ0v) is 26.7. The average molecular weight is 776 g/mol. The molecule has 1 aliphatic heterocycles. The predicted molar refractivity (Wildman–Crippen MR) is 135 cm³/mol. The Morgan fingerprint density at radius 2 is 1.74 bits per heavy atom. The number of alkyl halides is 3. The number of rotatable bonds is 8. The third-order valence-corrected chi connectivity index (χ3v) is 5.58. The van der Waals surface area contributed by atoms with Crippen LogP contribution in [0, 0.1) is 44.0 Å². The van der Waals surface area contributed by atoms with Crippen molar-refractivity contribution in [3.8, 4) is 0 Å². The molecule has 1 saturated heterocycles. The Kier molecular flexibility index (Phi) is 17.9. The molecule has 0 unspecified atom stereocenters. The van der Waals surface area contributed by atoms with Gasteiger partial charge in [-0.25, -0.2) is 6.29 Å². The van der Waals surface area contributed by atoms with Gasteiger partial charge in [-0.3, -0.25) is 31.7 Å². The van der Waals surface area contributed by atoms with Gasteiger partial charge in [-0.2, -0.15) is 0 Å². The molecule has 0 spiro atoms. The number of halogens is 3. The number of carbonyl (C=O) groups excluding carboxylic acids is 4. The summed E-state index contributed by atoms with van der Waals surface area (Å²) in [6.45, 7) is 7.00. The molecule has 0 aromatic rings. The SMILES string of the molecule is C/C=C/CC(=O)N[C@H](C(=O)N[C@@H](C)C(=O)N1CCC[C@@H]([C-]=O)N1)C1CCCCC1.[CH2-]C(Cl)(Cl)Cl.[U+2]. The molecule has 1 saturated carbocycles. The molecule has 196 valence electrons. The first-order chi connectivity index (χ1) is 16.0. The quantitative estimate of drug-likeness (QED) is 0.200. The van der Waals surface area contributed by atoms with E-state index in [9.17, 15) is 19.2 Å². The van der Waals surface area contributed by atoms with Crippen LogP contribution in [0.25, 0.3) is 0 Å². The van der Waals surface area contributed by atoms with E-state index in [0.29, 0.717) is 19.4 Å². The van der Waals surface area contributed by atoms with Crippen LogP contribution in [-0.2, 0) is 19.2 Å². The fourth-order valence-electron chi connectivity index (χ4n) is 3.95. The van der Waals surface area contributed by atoms with E-state index >= 15 is 0 Å². The predicted octanol–water partition coefficient (Wildman–Crippen LogP) is 3.32. The summed E-state index contributed by atoms with van der Waals surface area (Å²) in [7, 11) is 0. The molecule has 0 aromatic heterocycles. The van der Waals surface area contributed by atoms with Gasteiger partial charge in [-0.05, 0) is 39.0 Å². The minimum atomic E-state index is -1.33. The Hall–Kier alpha value is -0.298. The van der Waals surface area contributed by atoms with Crippen LogP contribution in [0.5, 0.6) is 0 Å². The number of hydrazine groups is 1. The molecule has 0 radical (unpaired) electrons. The van der Waals surface area contributed by atoms with Crippen LogP contribution in [0.4, 0.5) is 0 Å². The average Bonchev–Trinajstić information content (AvgIpc) is 2.80. The van der Waals surface area contributed by atoms with Gasteiger partial charge in [-0.15, -0.1) is 34.8 Å². The Bertz CT molecular complexity index is 709. The minimum Gasteiger partial charge on any atom is -0.540 e. The molecule has 2 fully saturated rings. The molecule has 3 N–H and O–H groups in total. The molecular weight excluding hydrogens is 741 g/mol. The number of nitrogens with one attached hydrogen (secondary N) is 3. The van der Waals surface area contributed by atoms with Crippen LogP contribution >= 0.6 is 34.8 Å². The van der Waals surface area contributed by atoms with E-state index in [1.807, 2.05) is 13.2 Å². The van der Waals surface area contributed by atoms with E-state index in [2.05, 4.69) is 23.0 Å². The molecule has 1 aliphatic carbocycles. The Labute approximate surface area is 247 Å². The molecule has 0 bridgehead atoms. The van der Waals surface area contributed by atoms with E-state index in [-0.39, 0.29) is 61.2 Å². The molecule has 3 atom stereocenters. The Morgan fingerprint density at radius 1 is 1.14 bits per heavy atom. The number of hydrogen-bond donors (Lipinski definition) is 3. The second-order valence-corrected chi connectivity index (χ2v) is 11.0. The van der Waals surface area contributed by atoms with E-state index in [0.717, 1.165) is 32.1 Å². The standard InChI is InChI=1S/C21H33N4O4.C2H2Cl3.U/c1-3-4-12-18(27)23-19(16-9-6-5-7-10-16)20(28)22-15(2)21(29)25-13-8-11-17(14-26)24-25;1-2(3,4)5;/h3-4,15-17,19,24H,5-13H2,1-2H3,(H,22,28)(H,23,27);1H2;/q2*-1;+2/b4-3+;;/t15-,17-,19-;;/m0../s1. The van der Waals surface area contributed by atoms with Crippen LogP contribution in [0.2, 0.25) is 0 Å². The molecule has 2 rings (SSSR count). The van der Waals surface area contributed by atoms with Crippen LogP contribution < -0.4 is 16.1 Å². The van der Waals surface area contributed by atoms with Crippen LogP contribution in [0.1, 0.15) is 65.2 Å². The molecule has 3 amide bonds. The molecule has 8 nitrogen and oxygen atoms in total. The Morgan fingerprint density at radius 3 is 2.29 bits per heavy atom. The minimum absolute atomic E-state index is 0. The molecule has 35 heavy (non-hydrogen) atoms. The summed E-state index contributed by atoms with van der Waals surface area (Å²) in [6, 6.07) is -1.91. The number of amides is 3. The topological polar surface area (TPSA) is 108 Å². The maximum absolute atomic E-state index is 13.0. The van der Waals surface area contributed by atoms with Crippen molar-refractivity contribution < 1.29 is 50.3 Å². The van der Waals surface area contributed by atoms with E-state index in [4.69, 9.17) is 34.8 Å². The number of carbonyl (C=O) groups is 3. The summed E-state index contributed by atoms with van der Waals surface area (Å²) in [5, 5.41) is 7.01. The van der Waals surface area contributed by atoms with Gasteiger partial charge in [-0.1, -0.05) is 43.9 Å². The Balaban J connectivity index is 0.00000175. The first-order valence-corrected chi connectivity index (χ1v) is 12.7. The van der Waals surface area contributed by atoms with Crippen LogP contribution in [0.15, 0.2) is 12.2 Å². The fourth-order valence-corrected chi connectivity index (χ4v) is 3.95. The molecule has 2 aliphatic rings. The van der Waals surface area contributed by atoms with Crippen molar-refractivity contribution in [1.82, 2.24) is 21.1 Å².